The summed E-state index contributed by atoms with van der Waals surface area (Å²) in [4.78, 5) is 69.3. The fourth-order valence-electron chi connectivity index (χ4n) is 1.93. The second-order valence-electron chi connectivity index (χ2n) is 7.17. The minimum atomic E-state index is -1.74. The molecule has 0 spiro atoms. The van der Waals surface area contributed by atoms with Crippen molar-refractivity contribution in [2.45, 2.75) is 32.7 Å². The summed E-state index contributed by atoms with van der Waals surface area (Å²) in [6.07, 6.45) is 0.636. The van der Waals surface area contributed by atoms with Gasteiger partial charge in [-0.2, -0.15) is 11.8 Å². The maximum absolute atomic E-state index is 11.9. The van der Waals surface area contributed by atoms with Gasteiger partial charge in [0.05, 0.1) is 12.3 Å². The van der Waals surface area contributed by atoms with Crippen molar-refractivity contribution in [1.29, 1.82) is 0 Å². The van der Waals surface area contributed by atoms with Gasteiger partial charge in [-0.25, -0.2) is 4.79 Å². The number of aliphatic carboxylic acids is 2. The molecular weight excluding hydrogens is 446 g/mol. The standard InChI is InChI=1S/C18H31N5O8S/c1-18(2,17(30)31)16(29)22-9-13(25)21-8-11(15(27)28)23-12(24)4-7-32-10-14(26)20-6-3-5-19/h11H,3-10,19H2,1-2H3,(H,20,26)(H,21,25)(H,22,29)(H,23,24)(H,27,28)(H,30,31). The number of carbonyl (C=O) groups is 6. The van der Waals surface area contributed by atoms with Gasteiger partial charge >= 0.3 is 11.9 Å². The van der Waals surface area contributed by atoms with Crippen LogP contribution in [0, 0.1) is 5.41 Å². The number of carboxylic acids is 2. The number of rotatable bonds is 16. The number of amides is 4. The van der Waals surface area contributed by atoms with Crippen molar-refractivity contribution in [2.75, 3.05) is 37.7 Å². The van der Waals surface area contributed by atoms with Gasteiger partial charge in [-0.15, -0.1) is 0 Å². The molecule has 0 saturated heterocycles. The van der Waals surface area contributed by atoms with E-state index in [9.17, 15) is 33.9 Å². The molecule has 0 radical (unpaired) electrons. The SMILES string of the molecule is CC(C)(C(=O)O)C(=O)NCC(=O)NCC(NC(=O)CCSCC(=O)NCCCN)C(=O)O. The molecule has 0 aromatic rings. The molecule has 0 aromatic heterocycles. The normalized spacial score (nSPS) is 11.7. The number of nitrogens with two attached hydrogens (primary N) is 1. The minimum absolute atomic E-state index is 0.0290. The smallest absolute Gasteiger partial charge is 0.328 e. The van der Waals surface area contributed by atoms with Gasteiger partial charge < -0.3 is 37.2 Å². The van der Waals surface area contributed by atoms with Crippen molar-refractivity contribution < 1.29 is 39.0 Å². The predicted octanol–water partition coefficient (Wildman–Crippen LogP) is -2.51. The van der Waals surface area contributed by atoms with E-state index in [0.29, 0.717) is 25.3 Å². The van der Waals surface area contributed by atoms with Gasteiger partial charge in [0.25, 0.3) is 0 Å². The zero-order chi connectivity index (χ0) is 24.7. The summed E-state index contributed by atoms with van der Waals surface area (Å²) < 4.78 is 0. The predicted molar refractivity (Wildman–Crippen MR) is 116 cm³/mol. The molecule has 0 saturated carbocycles. The van der Waals surface area contributed by atoms with E-state index < -0.39 is 54.2 Å². The van der Waals surface area contributed by atoms with Crippen LogP contribution >= 0.6 is 11.8 Å². The van der Waals surface area contributed by atoms with Crippen LogP contribution in [0.15, 0.2) is 0 Å². The van der Waals surface area contributed by atoms with Crippen LogP contribution in [0.2, 0.25) is 0 Å². The van der Waals surface area contributed by atoms with E-state index in [2.05, 4.69) is 21.3 Å². The van der Waals surface area contributed by atoms with Crippen molar-refractivity contribution in [3.8, 4) is 0 Å². The van der Waals surface area contributed by atoms with Gasteiger partial charge in [0.15, 0.2) is 0 Å². The average Bonchev–Trinajstić information content (AvgIpc) is 2.72. The molecule has 14 heteroatoms. The Balaban J connectivity index is 4.28. The zero-order valence-electron chi connectivity index (χ0n) is 18.1. The molecule has 182 valence electrons. The van der Waals surface area contributed by atoms with Crippen LogP contribution in [0.3, 0.4) is 0 Å². The number of thioether (sulfide) groups is 1. The molecule has 0 fully saturated rings. The molecule has 4 amide bonds. The summed E-state index contributed by atoms with van der Waals surface area (Å²) in [5, 5.41) is 27.5. The summed E-state index contributed by atoms with van der Waals surface area (Å²) in [6, 6.07) is -1.40. The quantitative estimate of drug-likeness (QED) is 0.0914. The first-order valence-electron chi connectivity index (χ1n) is 9.76. The number of carbonyl (C=O) groups excluding carboxylic acids is 4. The lowest BCUT2D eigenvalue weighted by Gasteiger charge is -2.19. The van der Waals surface area contributed by atoms with Gasteiger partial charge in [0.2, 0.25) is 23.6 Å². The third-order valence-corrected chi connectivity index (χ3v) is 5.02. The highest BCUT2D eigenvalue weighted by atomic mass is 32.2. The Morgan fingerprint density at radius 2 is 1.62 bits per heavy atom. The number of hydrogen-bond acceptors (Lipinski definition) is 8. The van der Waals surface area contributed by atoms with Crippen LogP contribution < -0.4 is 27.0 Å². The summed E-state index contributed by atoms with van der Waals surface area (Å²) in [7, 11) is 0. The highest BCUT2D eigenvalue weighted by Gasteiger charge is 2.36. The Kier molecular flexibility index (Phi) is 13.7. The maximum Gasteiger partial charge on any atom is 0.328 e. The molecule has 0 aliphatic carbocycles. The maximum atomic E-state index is 11.9. The van der Waals surface area contributed by atoms with Gasteiger partial charge in [-0.3, -0.25) is 24.0 Å². The summed E-state index contributed by atoms with van der Waals surface area (Å²) in [5.41, 5.74) is 3.58. The summed E-state index contributed by atoms with van der Waals surface area (Å²) in [5.74, 6) is -4.69. The van der Waals surface area contributed by atoms with Crippen LogP contribution in [0.25, 0.3) is 0 Å². The van der Waals surface area contributed by atoms with E-state index in [0.717, 1.165) is 0 Å². The van der Waals surface area contributed by atoms with Crippen molar-refractivity contribution in [3.63, 3.8) is 0 Å². The van der Waals surface area contributed by atoms with Gasteiger partial charge in [0.1, 0.15) is 11.5 Å². The van der Waals surface area contributed by atoms with E-state index >= 15 is 0 Å². The first-order chi connectivity index (χ1) is 14.9. The number of nitrogens with one attached hydrogen (secondary N) is 4. The molecule has 1 unspecified atom stereocenters. The zero-order valence-corrected chi connectivity index (χ0v) is 18.9. The molecule has 1 atom stereocenters. The average molecular weight is 478 g/mol. The van der Waals surface area contributed by atoms with E-state index in [4.69, 9.17) is 10.8 Å². The van der Waals surface area contributed by atoms with Crippen molar-refractivity contribution in [3.05, 3.63) is 0 Å². The first kappa shape index (κ1) is 29.1. The van der Waals surface area contributed by atoms with E-state index in [1.807, 2.05) is 0 Å². The fraction of sp³-hybridized carbons (Fsp3) is 0.667. The Morgan fingerprint density at radius 3 is 2.19 bits per heavy atom. The lowest BCUT2D eigenvalue weighted by Crippen LogP contribution is -2.51. The lowest BCUT2D eigenvalue weighted by atomic mass is 9.93. The van der Waals surface area contributed by atoms with Crippen molar-refractivity contribution in [1.82, 2.24) is 21.3 Å². The van der Waals surface area contributed by atoms with Crippen LogP contribution in [0.1, 0.15) is 26.7 Å². The van der Waals surface area contributed by atoms with Crippen molar-refractivity contribution >= 4 is 47.3 Å². The van der Waals surface area contributed by atoms with Crippen LogP contribution in [-0.4, -0.2) is 89.5 Å². The third-order valence-electron chi connectivity index (χ3n) is 4.06. The molecule has 0 aliphatic heterocycles. The van der Waals surface area contributed by atoms with Gasteiger partial charge in [0, 0.05) is 25.3 Å². The molecule has 0 aliphatic rings. The van der Waals surface area contributed by atoms with Crippen molar-refractivity contribution in [2.24, 2.45) is 11.1 Å². The lowest BCUT2D eigenvalue weighted by molar-refractivity contribution is -0.154. The Hall–Kier alpha value is -2.87. The Morgan fingerprint density at radius 1 is 0.969 bits per heavy atom. The Bertz CT molecular complexity index is 701. The topological polar surface area (TPSA) is 217 Å². The molecule has 0 bridgehead atoms. The van der Waals surface area contributed by atoms with Crippen LogP contribution in [0.5, 0.6) is 0 Å². The highest BCUT2D eigenvalue weighted by Crippen LogP contribution is 2.14. The highest BCUT2D eigenvalue weighted by molar-refractivity contribution is 7.99. The third kappa shape index (κ3) is 12.1. The fourth-order valence-corrected chi connectivity index (χ4v) is 2.70. The molecule has 8 N–H and O–H groups in total. The second-order valence-corrected chi connectivity index (χ2v) is 8.28. The molecule has 0 aromatic carbocycles. The number of hydrogen-bond donors (Lipinski definition) is 7. The molecule has 13 nitrogen and oxygen atoms in total. The minimum Gasteiger partial charge on any atom is -0.480 e. The molecule has 0 heterocycles. The van der Waals surface area contributed by atoms with E-state index in [1.54, 1.807) is 0 Å². The van der Waals surface area contributed by atoms with Gasteiger partial charge in [-0.05, 0) is 26.8 Å². The Labute approximate surface area is 189 Å². The molecular formula is C18H31N5O8S. The molecule has 32 heavy (non-hydrogen) atoms. The van der Waals surface area contributed by atoms with Crippen LogP contribution in [-0.2, 0) is 28.8 Å². The summed E-state index contributed by atoms with van der Waals surface area (Å²) in [6.45, 7) is 2.30. The molecule has 0 rings (SSSR count). The van der Waals surface area contributed by atoms with E-state index in [-0.39, 0.29) is 18.1 Å². The number of carboxylic acid groups (broad SMARTS) is 2. The first-order valence-corrected chi connectivity index (χ1v) is 10.9. The van der Waals surface area contributed by atoms with Gasteiger partial charge in [-0.1, -0.05) is 0 Å². The van der Waals surface area contributed by atoms with E-state index in [1.165, 1.54) is 25.6 Å². The summed E-state index contributed by atoms with van der Waals surface area (Å²) >= 11 is 1.21. The van der Waals surface area contributed by atoms with Crippen LogP contribution in [0.4, 0.5) is 0 Å². The monoisotopic (exact) mass is 477 g/mol. The second kappa shape index (κ2) is 15.0. The largest absolute Gasteiger partial charge is 0.480 e.